The van der Waals surface area contributed by atoms with E-state index in [2.05, 4.69) is 4.74 Å². The molecule has 2 aromatic carbocycles. The molecule has 9 heteroatoms. The second kappa shape index (κ2) is 8.34. The van der Waals surface area contributed by atoms with Gasteiger partial charge in [-0.2, -0.15) is 13.2 Å². The van der Waals surface area contributed by atoms with Crippen molar-refractivity contribution in [1.29, 1.82) is 0 Å². The normalized spacial score (nSPS) is 12.4. The fourth-order valence-electron chi connectivity index (χ4n) is 1.93. The van der Waals surface area contributed by atoms with Crippen LogP contribution in [0.25, 0.3) is 0 Å². The third kappa shape index (κ3) is 5.16. The van der Waals surface area contributed by atoms with Crippen LogP contribution in [0.15, 0.2) is 36.4 Å². The fourth-order valence-corrected chi connectivity index (χ4v) is 2.61. The van der Waals surface area contributed by atoms with Crippen molar-refractivity contribution in [2.45, 2.75) is 19.2 Å². The standard InChI is InChI=1S/C17H13ClF3IO4/c1-9(16(23)24-2)25-15-8-11(4-5-13(15)22)26-14-6-3-10(7-12(14)18)17(19,20)21/h3-9H,1-2H3. The molecule has 0 radical (unpaired) electrons. The molecular weight excluding hydrogens is 488 g/mol. The van der Waals surface area contributed by atoms with Gasteiger partial charge in [-0.25, -0.2) is 4.79 Å². The van der Waals surface area contributed by atoms with Gasteiger partial charge in [0.1, 0.15) is 17.2 Å². The first-order chi connectivity index (χ1) is 12.1. The van der Waals surface area contributed by atoms with Gasteiger partial charge in [0.2, 0.25) is 0 Å². The molecule has 4 nitrogen and oxygen atoms in total. The molecule has 0 bridgehead atoms. The monoisotopic (exact) mass is 500 g/mol. The Labute approximate surface area is 166 Å². The smallest absolute Gasteiger partial charge is 0.416 e. The molecule has 0 saturated carbocycles. The van der Waals surface area contributed by atoms with E-state index >= 15 is 0 Å². The van der Waals surface area contributed by atoms with Crippen molar-refractivity contribution in [3.63, 3.8) is 0 Å². The highest BCUT2D eigenvalue weighted by Crippen LogP contribution is 2.37. The molecule has 1 atom stereocenters. The predicted molar refractivity (Wildman–Crippen MR) is 97.8 cm³/mol. The van der Waals surface area contributed by atoms with Crippen molar-refractivity contribution in [2.24, 2.45) is 0 Å². The lowest BCUT2D eigenvalue weighted by Crippen LogP contribution is -2.25. The Hall–Kier alpha value is -1.68. The Kier molecular flexibility index (Phi) is 6.62. The largest absolute Gasteiger partial charge is 0.478 e. The number of esters is 1. The first-order valence-corrected chi connectivity index (χ1v) is 8.66. The lowest BCUT2D eigenvalue weighted by atomic mass is 10.2. The number of alkyl halides is 3. The Bertz CT molecular complexity index is 811. The summed E-state index contributed by atoms with van der Waals surface area (Å²) < 4.78 is 54.4. The minimum absolute atomic E-state index is 0.0628. The number of rotatable bonds is 5. The Balaban J connectivity index is 2.23. The Morgan fingerprint density at radius 3 is 2.42 bits per heavy atom. The summed E-state index contributed by atoms with van der Waals surface area (Å²) in [4.78, 5) is 11.5. The van der Waals surface area contributed by atoms with Gasteiger partial charge in [0.25, 0.3) is 0 Å². The molecule has 0 saturated heterocycles. The predicted octanol–water partition coefficient (Wildman–Crippen LogP) is 5.70. The number of hydrogen-bond donors (Lipinski definition) is 0. The van der Waals surface area contributed by atoms with Crippen molar-refractivity contribution < 1.29 is 32.2 Å². The molecule has 0 spiro atoms. The van der Waals surface area contributed by atoms with E-state index < -0.39 is 23.8 Å². The maximum absolute atomic E-state index is 12.7. The number of carbonyl (C=O) groups excluding carboxylic acids is 1. The van der Waals surface area contributed by atoms with Crippen LogP contribution in [-0.2, 0) is 15.7 Å². The number of ether oxygens (including phenoxy) is 3. The zero-order valence-corrected chi connectivity index (χ0v) is 16.5. The van der Waals surface area contributed by atoms with Gasteiger partial charge in [0.05, 0.1) is 21.3 Å². The lowest BCUT2D eigenvalue weighted by molar-refractivity contribution is -0.148. The molecule has 2 rings (SSSR count). The summed E-state index contributed by atoms with van der Waals surface area (Å²) in [6.07, 6.45) is -5.32. The van der Waals surface area contributed by atoms with Crippen LogP contribution in [0.1, 0.15) is 12.5 Å². The Morgan fingerprint density at radius 1 is 1.15 bits per heavy atom. The van der Waals surface area contributed by atoms with Crippen LogP contribution in [0.5, 0.6) is 17.2 Å². The maximum Gasteiger partial charge on any atom is 0.416 e. The van der Waals surface area contributed by atoms with Gasteiger partial charge in [-0.15, -0.1) is 0 Å². The molecule has 26 heavy (non-hydrogen) atoms. The van der Waals surface area contributed by atoms with E-state index in [1.165, 1.54) is 20.1 Å². The topological polar surface area (TPSA) is 44.8 Å². The van der Waals surface area contributed by atoms with Crippen molar-refractivity contribution in [1.82, 2.24) is 0 Å². The summed E-state index contributed by atoms with van der Waals surface area (Å²) in [7, 11) is 1.25. The SMILES string of the molecule is COC(=O)C(C)Oc1cc(Oc2ccc(C(F)(F)F)cc2Cl)ccc1I. The molecule has 2 aromatic rings. The number of carbonyl (C=O) groups is 1. The van der Waals surface area contributed by atoms with Crippen LogP contribution in [-0.4, -0.2) is 19.2 Å². The van der Waals surface area contributed by atoms with Gasteiger partial charge >= 0.3 is 12.1 Å². The summed E-state index contributed by atoms with van der Waals surface area (Å²) >= 11 is 7.90. The Morgan fingerprint density at radius 2 is 1.85 bits per heavy atom. The van der Waals surface area contributed by atoms with Crippen molar-refractivity contribution in [3.05, 3.63) is 50.6 Å². The zero-order chi connectivity index (χ0) is 19.5. The van der Waals surface area contributed by atoms with E-state index in [0.29, 0.717) is 15.1 Å². The van der Waals surface area contributed by atoms with Gasteiger partial charge in [-0.05, 0) is 59.8 Å². The summed E-state index contributed by atoms with van der Waals surface area (Å²) in [5.41, 5.74) is -0.867. The zero-order valence-electron chi connectivity index (χ0n) is 13.6. The number of benzene rings is 2. The molecule has 0 aromatic heterocycles. The van der Waals surface area contributed by atoms with Gasteiger partial charge in [0.15, 0.2) is 6.10 Å². The van der Waals surface area contributed by atoms with Crippen LogP contribution in [0, 0.1) is 3.57 Å². The second-order valence-corrected chi connectivity index (χ2v) is 6.69. The first kappa shape index (κ1) is 20.6. The molecule has 0 fully saturated rings. The summed E-state index contributed by atoms with van der Waals surface area (Å²) in [6, 6.07) is 7.60. The van der Waals surface area contributed by atoms with E-state index in [-0.39, 0.29) is 10.8 Å². The van der Waals surface area contributed by atoms with Crippen LogP contribution < -0.4 is 9.47 Å². The van der Waals surface area contributed by atoms with Crippen molar-refractivity contribution >= 4 is 40.2 Å². The third-order valence-corrected chi connectivity index (χ3v) is 4.41. The van der Waals surface area contributed by atoms with Crippen LogP contribution in [0.2, 0.25) is 5.02 Å². The molecule has 0 N–H and O–H groups in total. The first-order valence-electron chi connectivity index (χ1n) is 7.20. The van der Waals surface area contributed by atoms with E-state index in [4.69, 9.17) is 21.1 Å². The summed E-state index contributed by atoms with van der Waals surface area (Å²) in [6.45, 7) is 1.53. The van der Waals surface area contributed by atoms with E-state index in [1.54, 1.807) is 12.1 Å². The van der Waals surface area contributed by atoms with Gasteiger partial charge in [-0.3, -0.25) is 0 Å². The van der Waals surface area contributed by atoms with E-state index in [1.807, 2.05) is 22.6 Å². The highest BCUT2D eigenvalue weighted by Gasteiger charge is 2.31. The average molecular weight is 501 g/mol. The number of halogens is 5. The van der Waals surface area contributed by atoms with Crippen LogP contribution in [0.3, 0.4) is 0 Å². The molecule has 0 aliphatic rings. The molecule has 140 valence electrons. The number of methoxy groups -OCH3 is 1. The van der Waals surface area contributed by atoms with Gasteiger partial charge in [0, 0.05) is 6.07 Å². The number of hydrogen-bond acceptors (Lipinski definition) is 4. The summed E-state index contributed by atoms with van der Waals surface area (Å²) in [5, 5.41) is -0.177. The molecular formula is C17H13ClF3IO4. The van der Waals surface area contributed by atoms with Gasteiger partial charge < -0.3 is 14.2 Å². The molecule has 0 amide bonds. The molecule has 1 unspecified atom stereocenters. The highest BCUT2D eigenvalue weighted by atomic mass is 127. The maximum atomic E-state index is 12.7. The van der Waals surface area contributed by atoms with Crippen molar-refractivity contribution in [2.75, 3.05) is 7.11 Å². The second-order valence-electron chi connectivity index (χ2n) is 5.12. The molecule has 0 heterocycles. The minimum atomic E-state index is -4.49. The van der Waals surface area contributed by atoms with Crippen molar-refractivity contribution in [3.8, 4) is 17.2 Å². The average Bonchev–Trinajstić information content (AvgIpc) is 2.57. The van der Waals surface area contributed by atoms with Crippen LogP contribution in [0.4, 0.5) is 13.2 Å². The minimum Gasteiger partial charge on any atom is -0.478 e. The fraction of sp³-hybridized carbons (Fsp3) is 0.235. The molecule has 0 aliphatic heterocycles. The summed E-state index contributed by atoms with van der Waals surface area (Å²) in [5.74, 6) is 0.175. The third-order valence-electron chi connectivity index (χ3n) is 3.23. The van der Waals surface area contributed by atoms with Gasteiger partial charge in [-0.1, -0.05) is 11.6 Å². The quantitative estimate of drug-likeness (QED) is 0.391. The molecule has 0 aliphatic carbocycles. The lowest BCUT2D eigenvalue weighted by Gasteiger charge is -2.15. The van der Waals surface area contributed by atoms with E-state index in [9.17, 15) is 18.0 Å². The highest BCUT2D eigenvalue weighted by molar-refractivity contribution is 14.1. The van der Waals surface area contributed by atoms with Crippen LogP contribution >= 0.6 is 34.2 Å². The van der Waals surface area contributed by atoms with E-state index in [0.717, 1.165) is 18.2 Å².